The van der Waals surface area contributed by atoms with Crippen molar-refractivity contribution in [1.29, 1.82) is 0 Å². The summed E-state index contributed by atoms with van der Waals surface area (Å²) in [6, 6.07) is 10.4. The molecule has 0 fully saturated rings. The van der Waals surface area contributed by atoms with Crippen LogP contribution in [0.15, 0.2) is 36.4 Å². The van der Waals surface area contributed by atoms with Gasteiger partial charge in [0.25, 0.3) is 0 Å². The number of aryl methyl sites for hydroxylation is 1. The fraction of sp³-hybridized carbons (Fsp3) is 0.294. The standard InChI is InChI=1S/C17H19ClFNO/c1-3-20-10-13-5-7-17(16(18)8-13)21-11-14-9-15(19)6-4-12(14)2/h4-9,20H,3,10-11H2,1-2H3. The van der Waals surface area contributed by atoms with E-state index in [1.54, 1.807) is 6.07 Å². The normalized spacial score (nSPS) is 10.7. The number of benzene rings is 2. The monoisotopic (exact) mass is 307 g/mol. The Balaban J connectivity index is 2.04. The molecular weight excluding hydrogens is 289 g/mol. The van der Waals surface area contributed by atoms with E-state index >= 15 is 0 Å². The van der Waals surface area contributed by atoms with Gasteiger partial charge in [0.2, 0.25) is 0 Å². The summed E-state index contributed by atoms with van der Waals surface area (Å²) in [6.45, 7) is 5.98. The molecule has 0 unspecified atom stereocenters. The molecule has 0 aliphatic rings. The van der Waals surface area contributed by atoms with E-state index in [9.17, 15) is 4.39 Å². The van der Waals surface area contributed by atoms with Crippen LogP contribution in [0.5, 0.6) is 5.75 Å². The smallest absolute Gasteiger partial charge is 0.138 e. The summed E-state index contributed by atoms with van der Waals surface area (Å²) in [5.41, 5.74) is 2.93. The summed E-state index contributed by atoms with van der Waals surface area (Å²) in [5, 5.41) is 3.81. The van der Waals surface area contributed by atoms with Crippen molar-refractivity contribution in [3.8, 4) is 5.75 Å². The van der Waals surface area contributed by atoms with E-state index in [1.807, 2.05) is 25.1 Å². The van der Waals surface area contributed by atoms with Gasteiger partial charge in [-0.25, -0.2) is 4.39 Å². The van der Waals surface area contributed by atoms with Crippen molar-refractivity contribution in [3.05, 3.63) is 63.9 Å². The lowest BCUT2D eigenvalue weighted by atomic mass is 10.1. The van der Waals surface area contributed by atoms with Gasteiger partial charge in [-0.2, -0.15) is 0 Å². The summed E-state index contributed by atoms with van der Waals surface area (Å²) in [4.78, 5) is 0. The van der Waals surface area contributed by atoms with Crippen LogP contribution >= 0.6 is 11.6 Å². The molecule has 0 atom stereocenters. The number of halogens is 2. The van der Waals surface area contributed by atoms with Crippen LogP contribution in [0.2, 0.25) is 5.02 Å². The second kappa shape index (κ2) is 7.43. The molecule has 2 aromatic rings. The highest BCUT2D eigenvalue weighted by Gasteiger charge is 2.06. The van der Waals surface area contributed by atoms with Crippen LogP contribution in [-0.2, 0) is 13.2 Å². The molecule has 2 rings (SSSR count). The Morgan fingerprint density at radius 1 is 1.19 bits per heavy atom. The topological polar surface area (TPSA) is 21.3 Å². The van der Waals surface area contributed by atoms with Crippen LogP contribution in [0.4, 0.5) is 4.39 Å². The zero-order chi connectivity index (χ0) is 15.2. The molecule has 0 spiro atoms. The number of ether oxygens (including phenoxy) is 1. The van der Waals surface area contributed by atoms with E-state index in [2.05, 4.69) is 12.2 Å². The molecule has 0 heterocycles. The molecule has 0 amide bonds. The van der Waals surface area contributed by atoms with E-state index in [4.69, 9.17) is 16.3 Å². The molecule has 0 saturated heterocycles. The highest BCUT2D eigenvalue weighted by atomic mass is 35.5. The quantitative estimate of drug-likeness (QED) is 0.850. The van der Waals surface area contributed by atoms with Gasteiger partial charge >= 0.3 is 0 Å². The largest absolute Gasteiger partial charge is 0.487 e. The average Bonchev–Trinajstić information content (AvgIpc) is 2.47. The number of rotatable bonds is 6. The van der Waals surface area contributed by atoms with Gasteiger partial charge in [0.1, 0.15) is 18.2 Å². The van der Waals surface area contributed by atoms with E-state index in [0.717, 1.165) is 29.8 Å². The lowest BCUT2D eigenvalue weighted by molar-refractivity contribution is 0.305. The third-order valence-electron chi connectivity index (χ3n) is 3.27. The van der Waals surface area contributed by atoms with Crippen LogP contribution in [-0.4, -0.2) is 6.54 Å². The molecule has 21 heavy (non-hydrogen) atoms. The number of nitrogens with one attached hydrogen (secondary N) is 1. The Labute approximate surface area is 129 Å². The highest BCUT2D eigenvalue weighted by Crippen LogP contribution is 2.26. The summed E-state index contributed by atoms with van der Waals surface area (Å²) >= 11 is 6.22. The first-order valence-corrected chi connectivity index (χ1v) is 7.35. The van der Waals surface area contributed by atoms with Crippen molar-refractivity contribution in [2.24, 2.45) is 0 Å². The van der Waals surface area contributed by atoms with E-state index in [-0.39, 0.29) is 5.82 Å². The Morgan fingerprint density at radius 2 is 2.00 bits per heavy atom. The molecule has 0 saturated carbocycles. The Morgan fingerprint density at radius 3 is 2.71 bits per heavy atom. The van der Waals surface area contributed by atoms with Crippen molar-refractivity contribution in [2.75, 3.05) is 6.54 Å². The maximum absolute atomic E-state index is 13.2. The number of hydrogen-bond donors (Lipinski definition) is 1. The first-order chi connectivity index (χ1) is 10.1. The average molecular weight is 308 g/mol. The molecule has 1 N–H and O–H groups in total. The summed E-state index contributed by atoms with van der Waals surface area (Å²) in [5.74, 6) is 0.354. The third-order valence-corrected chi connectivity index (χ3v) is 3.57. The second-order valence-corrected chi connectivity index (χ2v) is 5.31. The first-order valence-electron chi connectivity index (χ1n) is 6.97. The maximum atomic E-state index is 13.2. The zero-order valence-electron chi connectivity index (χ0n) is 12.2. The SMILES string of the molecule is CCNCc1ccc(OCc2cc(F)ccc2C)c(Cl)c1. The zero-order valence-corrected chi connectivity index (χ0v) is 13.0. The van der Waals surface area contributed by atoms with Gasteiger partial charge in [-0.3, -0.25) is 0 Å². The summed E-state index contributed by atoms with van der Waals surface area (Å²) in [7, 11) is 0. The van der Waals surface area contributed by atoms with Gasteiger partial charge in [0.15, 0.2) is 0 Å². The predicted octanol–water partition coefficient (Wildman–Crippen LogP) is 4.48. The van der Waals surface area contributed by atoms with Crippen molar-refractivity contribution in [1.82, 2.24) is 5.32 Å². The molecule has 0 aromatic heterocycles. The van der Waals surface area contributed by atoms with E-state index < -0.39 is 0 Å². The highest BCUT2D eigenvalue weighted by molar-refractivity contribution is 6.32. The lowest BCUT2D eigenvalue weighted by Crippen LogP contribution is -2.11. The summed E-state index contributed by atoms with van der Waals surface area (Å²) in [6.07, 6.45) is 0. The second-order valence-electron chi connectivity index (χ2n) is 4.90. The van der Waals surface area contributed by atoms with Crippen LogP contribution in [0.3, 0.4) is 0 Å². The lowest BCUT2D eigenvalue weighted by Gasteiger charge is -2.11. The van der Waals surface area contributed by atoms with Crippen LogP contribution in [0, 0.1) is 12.7 Å². The summed E-state index contributed by atoms with van der Waals surface area (Å²) < 4.78 is 18.9. The van der Waals surface area contributed by atoms with Gasteiger partial charge in [-0.1, -0.05) is 30.7 Å². The number of hydrogen-bond acceptors (Lipinski definition) is 2. The van der Waals surface area contributed by atoms with E-state index in [0.29, 0.717) is 17.4 Å². The van der Waals surface area contributed by atoms with Crippen LogP contribution in [0.25, 0.3) is 0 Å². The van der Waals surface area contributed by atoms with E-state index in [1.165, 1.54) is 12.1 Å². The Hall–Kier alpha value is -1.58. The van der Waals surface area contributed by atoms with Gasteiger partial charge in [-0.05, 0) is 54.4 Å². The molecule has 2 aromatic carbocycles. The maximum Gasteiger partial charge on any atom is 0.138 e. The van der Waals surface area contributed by atoms with Gasteiger partial charge in [0, 0.05) is 6.54 Å². The predicted molar refractivity (Wildman–Crippen MR) is 84.3 cm³/mol. The van der Waals surface area contributed by atoms with Crippen molar-refractivity contribution in [2.45, 2.75) is 27.0 Å². The third kappa shape index (κ3) is 4.45. The first kappa shape index (κ1) is 15.8. The fourth-order valence-corrected chi connectivity index (χ4v) is 2.25. The molecule has 0 aliphatic heterocycles. The van der Waals surface area contributed by atoms with Crippen LogP contribution < -0.4 is 10.1 Å². The van der Waals surface area contributed by atoms with Gasteiger partial charge < -0.3 is 10.1 Å². The molecule has 112 valence electrons. The van der Waals surface area contributed by atoms with Crippen molar-refractivity contribution >= 4 is 11.6 Å². The van der Waals surface area contributed by atoms with Crippen LogP contribution in [0.1, 0.15) is 23.6 Å². The Bertz CT molecular complexity index is 616. The fourth-order valence-electron chi connectivity index (χ4n) is 1.99. The minimum atomic E-state index is -0.258. The molecule has 2 nitrogen and oxygen atoms in total. The van der Waals surface area contributed by atoms with Gasteiger partial charge in [0.05, 0.1) is 5.02 Å². The molecule has 4 heteroatoms. The molecular formula is C17H19ClFNO. The molecule has 0 bridgehead atoms. The molecule has 0 radical (unpaired) electrons. The van der Waals surface area contributed by atoms with Gasteiger partial charge in [-0.15, -0.1) is 0 Å². The minimum Gasteiger partial charge on any atom is -0.487 e. The Kier molecular flexibility index (Phi) is 5.59. The minimum absolute atomic E-state index is 0.258. The molecule has 0 aliphatic carbocycles. The van der Waals surface area contributed by atoms with Crippen molar-refractivity contribution in [3.63, 3.8) is 0 Å². The van der Waals surface area contributed by atoms with Crippen molar-refractivity contribution < 1.29 is 9.13 Å².